The van der Waals surface area contributed by atoms with Crippen molar-refractivity contribution in [3.63, 3.8) is 0 Å². The van der Waals surface area contributed by atoms with Crippen molar-refractivity contribution >= 4 is 29.9 Å². The average Bonchev–Trinajstić information content (AvgIpc) is 2.70. The topological polar surface area (TPSA) is 48.9 Å². The summed E-state index contributed by atoms with van der Waals surface area (Å²) in [5, 5.41) is 6.58. The van der Waals surface area contributed by atoms with E-state index in [0.29, 0.717) is 13.1 Å². The van der Waals surface area contributed by atoms with E-state index in [0.717, 1.165) is 44.4 Å². The molecule has 2 N–H and O–H groups in total. The number of halogens is 2. The molecular formula is C21H28FIN4O. The molecule has 1 heterocycles. The summed E-state index contributed by atoms with van der Waals surface area (Å²) in [5.74, 6) is 0.496. The summed E-state index contributed by atoms with van der Waals surface area (Å²) in [4.78, 5) is 6.67. The number of ether oxygens (including phenoxy) is 1. The largest absolute Gasteiger partial charge is 0.379 e. The molecule has 5 nitrogen and oxygen atoms in total. The smallest absolute Gasteiger partial charge is 0.191 e. The van der Waals surface area contributed by atoms with Crippen molar-refractivity contribution in [3.05, 3.63) is 71.0 Å². The van der Waals surface area contributed by atoms with Crippen LogP contribution in [0.1, 0.15) is 16.7 Å². The Kier molecular flexibility index (Phi) is 9.66. The van der Waals surface area contributed by atoms with Gasteiger partial charge in [0.25, 0.3) is 0 Å². The molecule has 0 saturated carbocycles. The third-order valence-electron chi connectivity index (χ3n) is 4.56. The SMILES string of the molecule is CN=C(NCc1ccc(F)cc1)NCc1cccc(CN2CCOCC2)c1.I. The lowest BCUT2D eigenvalue weighted by Gasteiger charge is -2.26. The maximum absolute atomic E-state index is 13.0. The van der Waals surface area contributed by atoms with Gasteiger partial charge < -0.3 is 15.4 Å². The number of guanidine groups is 1. The lowest BCUT2D eigenvalue weighted by atomic mass is 10.1. The lowest BCUT2D eigenvalue weighted by molar-refractivity contribution is 0.0342. The van der Waals surface area contributed by atoms with E-state index >= 15 is 0 Å². The lowest BCUT2D eigenvalue weighted by Crippen LogP contribution is -2.36. The van der Waals surface area contributed by atoms with Gasteiger partial charge in [0, 0.05) is 39.8 Å². The van der Waals surface area contributed by atoms with Crippen molar-refractivity contribution in [2.24, 2.45) is 4.99 Å². The fourth-order valence-corrected chi connectivity index (χ4v) is 3.05. The Morgan fingerprint density at radius 3 is 2.32 bits per heavy atom. The molecule has 0 atom stereocenters. The second-order valence-corrected chi connectivity index (χ2v) is 6.61. The minimum Gasteiger partial charge on any atom is -0.379 e. The fraction of sp³-hybridized carbons (Fsp3) is 0.381. The van der Waals surface area contributed by atoms with Crippen molar-refractivity contribution in [1.82, 2.24) is 15.5 Å². The molecule has 7 heteroatoms. The van der Waals surface area contributed by atoms with Gasteiger partial charge in [-0.25, -0.2) is 4.39 Å². The molecule has 0 spiro atoms. The Balaban J connectivity index is 0.00000280. The summed E-state index contributed by atoms with van der Waals surface area (Å²) in [5.41, 5.74) is 3.53. The Hall–Kier alpha value is -1.71. The molecule has 2 aromatic carbocycles. The maximum Gasteiger partial charge on any atom is 0.191 e. The van der Waals surface area contributed by atoms with Gasteiger partial charge in [-0.1, -0.05) is 36.4 Å². The monoisotopic (exact) mass is 498 g/mol. The number of nitrogens with zero attached hydrogens (tertiary/aromatic N) is 2. The van der Waals surface area contributed by atoms with Crippen LogP contribution in [0, 0.1) is 5.82 Å². The predicted molar refractivity (Wildman–Crippen MR) is 121 cm³/mol. The standard InChI is InChI=1S/C21H27FN4O.HI/c1-23-21(24-14-17-5-7-20(22)8-6-17)25-15-18-3-2-4-19(13-18)16-26-9-11-27-12-10-26;/h2-8,13H,9-12,14-16H2,1H3,(H2,23,24,25);1H. The second-order valence-electron chi connectivity index (χ2n) is 6.61. The zero-order chi connectivity index (χ0) is 18.9. The molecule has 1 saturated heterocycles. The van der Waals surface area contributed by atoms with Gasteiger partial charge in [-0.05, 0) is 28.8 Å². The fourth-order valence-electron chi connectivity index (χ4n) is 3.05. The van der Waals surface area contributed by atoms with E-state index in [1.165, 1.54) is 23.3 Å². The van der Waals surface area contributed by atoms with Crippen LogP contribution in [0.25, 0.3) is 0 Å². The van der Waals surface area contributed by atoms with E-state index < -0.39 is 0 Å². The molecule has 1 aliphatic heterocycles. The molecule has 2 aromatic rings. The van der Waals surface area contributed by atoms with Gasteiger partial charge in [0.15, 0.2) is 5.96 Å². The molecule has 0 radical (unpaired) electrons. The predicted octanol–water partition coefficient (Wildman–Crippen LogP) is 3.14. The molecular weight excluding hydrogens is 470 g/mol. The number of aliphatic imine (C=N–C) groups is 1. The van der Waals surface area contributed by atoms with Crippen LogP contribution in [0.5, 0.6) is 0 Å². The Morgan fingerprint density at radius 1 is 1.00 bits per heavy atom. The molecule has 28 heavy (non-hydrogen) atoms. The quantitative estimate of drug-likeness (QED) is 0.365. The van der Waals surface area contributed by atoms with Crippen LogP contribution in [-0.2, 0) is 24.4 Å². The van der Waals surface area contributed by atoms with Crippen molar-refractivity contribution in [3.8, 4) is 0 Å². The second kappa shape index (κ2) is 12.0. The Morgan fingerprint density at radius 2 is 1.64 bits per heavy atom. The number of morpholine rings is 1. The van der Waals surface area contributed by atoms with Crippen LogP contribution in [0.3, 0.4) is 0 Å². The van der Waals surface area contributed by atoms with Crippen LogP contribution in [0.2, 0.25) is 0 Å². The zero-order valence-corrected chi connectivity index (χ0v) is 18.5. The minimum absolute atomic E-state index is 0. The van der Waals surface area contributed by atoms with E-state index in [-0.39, 0.29) is 29.8 Å². The highest BCUT2D eigenvalue weighted by Gasteiger charge is 2.10. The highest BCUT2D eigenvalue weighted by Crippen LogP contribution is 2.10. The van der Waals surface area contributed by atoms with Crippen LogP contribution in [-0.4, -0.2) is 44.2 Å². The van der Waals surface area contributed by atoms with Crippen molar-refractivity contribution in [2.45, 2.75) is 19.6 Å². The van der Waals surface area contributed by atoms with Gasteiger partial charge in [0.1, 0.15) is 5.82 Å². The zero-order valence-electron chi connectivity index (χ0n) is 16.2. The Labute approximate surface area is 183 Å². The first-order valence-corrected chi connectivity index (χ1v) is 9.30. The van der Waals surface area contributed by atoms with Gasteiger partial charge in [-0.2, -0.15) is 0 Å². The van der Waals surface area contributed by atoms with Crippen LogP contribution in [0.15, 0.2) is 53.5 Å². The number of hydrogen-bond donors (Lipinski definition) is 2. The summed E-state index contributed by atoms with van der Waals surface area (Å²) in [6, 6.07) is 15.1. The normalized spacial score (nSPS) is 15.0. The van der Waals surface area contributed by atoms with Crippen LogP contribution in [0.4, 0.5) is 4.39 Å². The Bertz CT molecular complexity index is 748. The summed E-state index contributed by atoms with van der Waals surface area (Å²) < 4.78 is 18.4. The maximum atomic E-state index is 13.0. The number of nitrogens with one attached hydrogen (secondary N) is 2. The van der Waals surface area contributed by atoms with Crippen molar-refractivity contribution in [1.29, 1.82) is 0 Å². The molecule has 0 aliphatic carbocycles. The number of benzene rings is 2. The molecule has 0 bridgehead atoms. The summed E-state index contributed by atoms with van der Waals surface area (Å²) >= 11 is 0. The summed E-state index contributed by atoms with van der Waals surface area (Å²) in [6.07, 6.45) is 0. The van der Waals surface area contributed by atoms with E-state index in [1.54, 1.807) is 19.2 Å². The van der Waals surface area contributed by atoms with E-state index in [4.69, 9.17) is 4.74 Å². The first kappa shape index (κ1) is 22.6. The van der Waals surface area contributed by atoms with Crippen molar-refractivity contribution in [2.75, 3.05) is 33.4 Å². The number of rotatable bonds is 6. The van der Waals surface area contributed by atoms with Crippen molar-refractivity contribution < 1.29 is 9.13 Å². The third kappa shape index (κ3) is 7.37. The molecule has 1 fully saturated rings. The highest BCUT2D eigenvalue weighted by atomic mass is 127. The molecule has 1 aliphatic rings. The average molecular weight is 498 g/mol. The van der Waals surface area contributed by atoms with Gasteiger partial charge in [-0.15, -0.1) is 24.0 Å². The first-order valence-electron chi connectivity index (χ1n) is 9.30. The van der Waals surface area contributed by atoms with E-state index in [1.807, 2.05) is 0 Å². The number of hydrogen-bond acceptors (Lipinski definition) is 3. The van der Waals surface area contributed by atoms with Crippen LogP contribution >= 0.6 is 24.0 Å². The minimum atomic E-state index is -0.224. The molecule has 0 amide bonds. The van der Waals surface area contributed by atoms with Gasteiger partial charge >= 0.3 is 0 Å². The summed E-state index contributed by atoms with van der Waals surface area (Å²) in [7, 11) is 1.74. The first-order chi connectivity index (χ1) is 13.2. The van der Waals surface area contributed by atoms with Gasteiger partial charge in [0.2, 0.25) is 0 Å². The molecule has 3 rings (SSSR count). The molecule has 0 aromatic heterocycles. The summed E-state index contributed by atoms with van der Waals surface area (Å²) in [6.45, 7) is 5.85. The van der Waals surface area contributed by atoms with Gasteiger partial charge in [-0.3, -0.25) is 9.89 Å². The van der Waals surface area contributed by atoms with E-state index in [2.05, 4.69) is 44.8 Å². The van der Waals surface area contributed by atoms with E-state index in [9.17, 15) is 4.39 Å². The molecule has 0 unspecified atom stereocenters. The highest BCUT2D eigenvalue weighted by molar-refractivity contribution is 14.0. The van der Waals surface area contributed by atoms with Gasteiger partial charge in [0.05, 0.1) is 13.2 Å². The van der Waals surface area contributed by atoms with Crippen LogP contribution < -0.4 is 10.6 Å². The third-order valence-corrected chi connectivity index (χ3v) is 4.56. The molecule has 152 valence electrons.